The molecule has 5 heteroatoms. The number of rotatable bonds is 1. The fourth-order valence-corrected chi connectivity index (χ4v) is 0.982. The van der Waals surface area contributed by atoms with E-state index in [0.717, 1.165) is 11.2 Å². The third-order valence-corrected chi connectivity index (χ3v) is 1.68. The van der Waals surface area contributed by atoms with Crippen LogP contribution in [0.3, 0.4) is 0 Å². The van der Waals surface area contributed by atoms with E-state index >= 15 is 0 Å². The Morgan fingerprint density at radius 3 is 3.27 bits per heavy atom. The monoisotopic (exact) mass is 168 g/mol. The molecule has 2 rings (SSSR count). The second-order valence-corrected chi connectivity index (χ2v) is 2.40. The molecule has 0 N–H and O–H groups in total. The van der Waals surface area contributed by atoms with Crippen molar-refractivity contribution in [1.82, 2.24) is 19.8 Å². The van der Waals surface area contributed by atoms with Gasteiger partial charge < -0.3 is 0 Å². The summed E-state index contributed by atoms with van der Waals surface area (Å²) in [6.07, 6.45) is 3.25. The van der Waals surface area contributed by atoms with Gasteiger partial charge in [0.1, 0.15) is 6.33 Å². The largest absolute Gasteiger partial charge is 0.201 e. The van der Waals surface area contributed by atoms with Crippen molar-refractivity contribution >= 4 is 17.2 Å². The summed E-state index contributed by atoms with van der Waals surface area (Å²) >= 11 is 5.60. The summed E-state index contributed by atoms with van der Waals surface area (Å²) < 4.78 is 1.59. The molecule has 0 saturated heterocycles. The van der Waals surface area contributed by atoms with Gasteiger partial charge in [-0.25, -0.2) is 4.52 Å². The molecular weight excluding hydrogens is 164 g/mol. The van der Waals surface area contributed by atoms with Crippen molar-refractivity contribution < 1.29 is 0 Å². The number of alkyl halides is 1. The molecule has 2 aromatic rings. The van der Waals surface area contributed by atoms with Gasteiger partial charge in [0, 0.05) is 5.88 Å². The molecule has 0 fully saturated rings. The highest BCUT2D eigenvalue weighted by atomic mass is 35.5. The normalized spacial score (nSPS) is 10.6. The highest BCUT2D eigenvalue weighted by Crippen LogP contribution is 2.03. The summed E-state index contributed by atoms with van der Waals surface area (Å²) in [5.74, 6) is 0.455. The van der Waals surface area contributed by atoms with E-state index in [1.165, 1.54) is 0 Å². The van der Waals surface area contributed by atoms with Crippen molar-refractivity contribution in [2.75, 3.05) is 0 Å². The van der Waals surface area contributed by atoms with Crippen LogP contribution in [-0.4, -0.2) is 19.8 Å². The van der Waals surface area contributed by atoms with E-state index in [0.29, 0.717) is 5.88 Å². The first-order valence-electron chi connectivity index (χ1n) is 3.11. The number of nitrogens with zero attached hydrogens (tertiary/aromatic N) is 4. The van der Waals surface area contributed by atoms with Crippen LogP contribution in [0.1, 0.15) is 5.56 Å². The summed E-state index contributed by atoms with van der Waals surface area (Å²) in [7, 11) is 0. The standard InChI is InChI=1S/C6H5ClN4/c7-2-5-1-6-10-8-4-11(6)9-3-5/h1,3-4H,2H2. The van der Waals surface area contributed by atoms with Crippen molar-refractivity contribution in [2.45, 2.75) is 5.88 Å². The van der Waals surface area contributed by atoms with Gasteiger partial charge in [0.15, 0.2) is 5.65 Å². The summed E-state index contributed by atoms with van der Waals surface area (Å²) in [5, 5.41) is 11.5. The molecule has 0 amide bonds. The highest BCUT2D eigenvalue weighted by molar-refractivity contribution is 6.17. The van der Waals surface area contributed by atoms with Crippen LogP contribution in [0, 0.1) is 0 Å². The van der Waals surface area contributed by atoms with Gasteiger partial charge in [0.05, 0.1) is 6.20 Å². The van der Waals surface area contributed by atoms with Crippen molar-refractivity contribution in [3.8, 4) is 0 Å². The Labute approximate surface area is 67.8 Å². The molecule has 0 aliphatic heterocycles. The summed E-state index contributed by atoms with van der Waals surface area (Å²) in [5.41, 5.74) is 1.68. The van der Waals surface area contributed by atoms with Gasteiger partial charge in [-0.15, -0.1) is 21.8 Å². The smallest absolute Gasteiger partial charge is 0.177 e. The maximum Gasteiger partial charge on any atom is 0.177 e. The minimum Gasteiger partial charge on any atom is -0.201 e. The topological polar surface area (TPSA) is 43.1 Å². The molecule has 2 aromatic heterocycles. The molecule has 11 heavy (non-hydrogen) atoms. The molecule has 0 atom stereocenters. The van der Waals surface area contributed by atoms with Gasteiger partial charge in [-0.3, -0.25) is 0 Å². The maximum absolute atomic E-state index is 5.60. The molecule has 4 nitrogen and oxygen atoms in total. The number of hydrogen-bond donors (Lipinski definition) is 0. The predicted molar refractivity (Wildman–Crippen MR) is 40.3 cm³/mol. The lowest BCUT2D eigenvalue weighted by molar-refractivity contribution is 0.916. The molecule has 56 valence electrons. The van der Waals surface area contributed by atoms with E-state index in [1.54, 1.807) is 17.0 Å². The van der Waals surface area contributed by atoms with Crippen LogP contribution >= 0.6 is 11.6 Å². The van der Waals surface area contributed by atoms with Crippen molar-refractivity contribution in [3.05, 3.63) is 24.2 Å². The fraction of sp³-hybridized carbons (Fsp3) is 0.167. The average molecular weight is 169 g/mol. The van der Waals surface area contributed by atoms with Crippen molar-refractivity contribution in [2.24, 2.45) is 0 Å². The van der Waals surface area contributed by atoms with E-state index in [9.17, 15) is 0 Å². The first kappa shape index (κ1) is 6.54. The zero-order valence-electron chi connectivity index (χ0n) is 5.61. The first-order valence-corrected chi connectivity index (χ1v) is 3.64. The fourth-order valence-electron chi connectivity index (χ4n) is 0.835. The van der Waals surface area contributed by atoms with Gasteiger partial charge in [0.2, 0.25) is 0 Å². The number of halogens is 1. The van der Waals surface area contributed by atoms with Gasteiger partial charge in [-0.1, -0.05) is 0 Å². The molecular formula is C6H5ClN4. The lowest BCUT2D eigenvalue weighted by atomic mass is 10.3. The zero-order chi connectivity index (χ0) is 7.68. The molecule has 0 spiro atoms. The Balaban J connectivity index is 2.67. The lowest BCUT2D eigenvalue weighted by Crippen LogP contribution is -1.90. The maximum atomic E-state index is 5.60. The second-order valence-electron chi connectivity index (χ2n) is 2.13. The number of fused-ring (bicyclic) bond motifs is 1. The van der Waals surface area contributed by atoms with E-state index in [4.69, 9.17) is 11.6 Å². The highest BCUT2D eigenvalue weighted by Gasteiger charge is 1.96. The molecule has 0 aromatic carbocycles. The van der Waals surface area contributed by atoms with E-state index in [2.05, 4.69) is 15.3 Å². The molecule has 0 radical (unpaired) electrons. The summed E-state index contributed by atoms with van der Waals surface area (Å²) in [6, 6.07) is 1.85. The van der Waals surface area contributed by atoms with Crippen LogP contribution in [-0.2, 0) is 5.88 Å². The molecule has 2 heterocycles. The Morgan fingerprint density at radius 1 is 1.55 bits per heavy atom. The minimum atomic E-state index is 0.455. The Morgan fingerprint density at radius 2 is 2.45 bits per heavy atom. The minimum absolute atomic E-state index is 0.455. The molecule has 0 unspecified atom stereocenters. The number of hydrogen-bond acceptors (Lipinski definition) is 3. The summed E-state index contributed by atoms with van der Waals surface area (Å²) in [6.45, 7) is 0. The molecule has 0 saturated carbocycles. The SMILES string of the molecule is ClCc1cnn2cnnc2c1. The average Bonchev–Trinajstić information content (AvgIpc) is 2.50. The third kappa shape index (κ3) is 1.05. The zero-order valence-corrected chi connectivity index (χ0v) is 6.36. The van der Waals surface area contributed by atoms with Crippen molar-refractivity contribution in [3.63, 3.8) is 0 Å². The third-order valence-electron chi connectivity index (χ3n) is 1.37. The van der Waals surface area contributed by atoms with Crippen LogP contribution in [0.2, 0.25) is 0 Å². The summed E-state index contributed by atoms with van der Waals surface area (Å²) in [4.78, 5) is 0. The van der Waals surface area contributed by atoms with Gasteiger partial charge in [0.25, 0.3) is 0 Å². The Kier molecular flexibility index (Phi) is 1.47. The van der Waals surface area contributed by atoms with Crippen LogP contribution in [0.4, 0.5) is 0 Å². The van der Waals surface area contributed by atoms with Crippen LogP contribution in [0.5, 0.6) is 0 Å². The molecule has 0 aliphatic rings. The second kappa shape index (κ2) is 2.47. The van der Waals surface area contributed by atoms with Gasteiger partial charge >= 0.3 is 0 Å². The van der Waals surface area contributed by atoms with Crippen LogP contribution in [0.25, 0.3) is 5.65 Å². The van der Waals surface area contributed by atoms with Crippen LogP contribution in [0.15, 0.2) is 18.6 Å². The van der Waals surface area contributed by atoms with Gasteiger partial charge in [-0.2, -0.15) is 5.10 Å². The van der Waals surface area contributed by atoms with Crippen LogP contribution < -0.4 is 0 Å². The van der Waals surface area contributed by atoms with E-state index in [-0.39, 0.29) is 0 Å². The van der Waals surface area contributed by atoms with E-state index in [1.807, 2.05) is 6.07 Å². The Bertz CT molecular complexity index is 369. The number of aromatic nitrogens is 4. The quantitative estimate of drug-likeness (QED) is 0.594. The lowest BCUT2D eigenvalue weighted by Gasteiger charge is -1.92. The first-order chi connectivity index (χ1) is 5.40. The van der Waals surface area contributed by atoms with Gasteiger partial charge in [-0.05, 0) is 11.6 Å². The van der Waals surface area contributed by atoms with E-state index < -0.39 is 0 Å². The molecule has 0 bridgehead atoms. The van der Waals surface area contributed by atoms with Crippen molar-refractivity contribution in [1.29, 1.82) is 0 Å². The predicted octanol–water partition coefficient (Wildman–Crippen LogP) is 0.863. The Hall–Kier alpha value is -1.16. The molecule has 0 aliphatic carbocycles.